The predicted octanol–water partition coefficient (Wildman–Crippen LogP) is 2.65. The molecule has 0 aliphatic carbocycles. The summed E-state index contributed by atoms with van der Waals surface area (Å²) in [6.07, 6.45) is 0. The maximum Gasteiger partial charge on any atom is 0.244 e. The number of carbonyl (C=O) groups is 3. The molecule has 2 rings (SSSR count). The van der Waals surface area contributed by atoms with E-state index in [0.717, 1.165) is 0 Å². The van der Waals surface area contributed by atoms with Crippen LogP contribution in [0.25, 0.3) is 0 Å². The third kappa shape index (κ3) is 5.34. The number of nitrogens with one attached hydrogen (secondary N) is 2. The van der Waals surface area contributed by atoms with Crippen LogP contribution >= 0.6 is 0 Å². The lowest BCUT2D eigenvalue weighted by molar-refractivity contribution is -0.120. The molecule has 0 spiro atoms. The Morgan fingerprint density at radius 1 is 0.962 bits per heavy atom. The van der Waals surface area contributed by atoms with Gasteiger partial charge in [0.25, 0.3) is 0 Å². The number of carbonyl (C=O) groups excluding carboxylic acids is 3. The average Bonchev–Trinajstić information content (AvgIpc) is 2.59. The van der Waals surface area contributed by atoms with Crippen LogP contribution in [0.2, 0.25) is 0 Å². The summed E-state index contributed by atoms with van der Waals surface area (Å²) < 4.78 is 5.12. The Labute approximate surface area is 152 Å². The van der Waals surface area contributed by atoms with E-state index in [9.17, 15) is 14.4 Å². The van der Waals surface area contributed by atoms with Gasteiger partial charge in [0.2, 0.25) is 17.7 Å². The van der Waals surface area contributed by atoms with E-state index in [1.54, 1.807) is 55.6 Å². The van der Waals surface area contributed by atoms with Gasteiger partial charge in [0.05, 0.1) is 7.11 Å². The first-order chi connectivity index (χ1) is 12.4. The van der Waals surface area contributed by atoms with E-state index >= 15 is 0 Å². The lowest BCUT2D eigenvalue weighted by Gasteiger charge is -2.21. The van der Waals surface area contributed by atoms with E-state index < -0.39 is 0 Å². The van der Waals surface area contributed by atoms with Crippen molar-refractivity contribution in [2.24, 2.45) is 0 Å². The minimum Gasteiger partial charge on any atom is -0.497 e. The minimum atomic E-state index is -0.349. The quantitative estimate of drug-likeness (QED) is 0.834. The summed E-state index contributed by atoms with van der Waals surface area (Å²) >= 11 is 0. The van der Waals surface area contributed by atoms with Crippen molar-refractivity contribution in [3.8, 4) is 5.75 Å². The second kappa shape index (κ2) is 8.66. The molecule has 7 heteroatoms. The molecule has 136 valence electrons. The van der Waals surface area contributed by atoms with Crippen LogP contribution in [0.3, 0.4) is 0 Å². The highest BCUT2D eigenvalue weighted by Gasteiger charge is 2.16. The van der Waals surface area contributed by atoms with E-state index in [1.165, 1.54) is 18.7 Å². The van der Waals surface area contributed by atoms with Crippen molar-refractivity contribution in [1.29, 1.82) is 0 Å². The van der Waals surface area contributed by atoms with Crippen LogP contribution in [0, 0.1) is 0 Å². The van der Waals surface area contributed by atoms with Crippen molar-refractivity contribution < 1.29 is 19.1 Å². The number of hydrogen-bond donors (Lipinski definition) is 2. The number of nitrogens with zero attached hydrogens (tertiary/aromatic N) is 1. The van der Waals surface area contributed by atoms with Crippen molar-refractivity contribution in [2.45, 2.75) is 13.8 Å². The molecule has 3 amide bonds. The molecule has 0 radical (unpaired) electrons. The van der Waals surface area contributed by atoms with E-state index in [0.29, 0.717) is 22.8 Å². The van der Waals surface area contributed by atoms with Gasteiger partial charge < -0.3 is 20.3 Å². The highest BCUT2D eigenvalue weighted by atomic mass is 16.5. The lowest BCUT2D eigenvalue weighted by Crippen LogP contribution is -2.36. The summed E-state index contributed by atoms with van der Waals surface area (Å²) in [4.78, 5) is 36.9. The van der Waals surface area contributed by atoms with Crippen LogP contribution in [0.1, 0.15) is 13.8 Å². The monoisotopic (exact) mass is 355 g/mol. The molecule has 7 nitrogen and oxygen atoms in total. The van der Waals surface area contributed by atoms with Gasteiger partial charge in [0, 0.05) is 37.0 Å². The van der Waals surface area contributed by atoms with E-state index in [2.05, 4.69) is 10.6 Å². The van der Waals surface area contributed by atoms with E-state index in [-0.39, 0.29) is 24.3 Å². The van der Waals surface area contributed by atoms with Crippen LogP contribution in [0.4, 0.5) is 17.1 Å². The first-order valence-electron chi connectivity index (χ1n) is 7.98. The molecule has 0 aliphatic rings. The van der Waals surface area contributed by atoms with Crippen molar-refractivity contribution in [3.63, 3.8) is 0 Å². The molecule has 0 saturated carbocycles. The third-order valence-electron chi connectivity index (χ3n) is 3.51. The standard InChI is InChI=1S/C19H21N3O4/c1-13(23)20-15-6-4-8-17(10-15)22(14(2)24)12-19(25)21-16-7-5-9-18(11-16)26-3/h4-11H,12H2,1-3H3,(H,20,23)(H,21,25). The van der Waals surface area contributed by atoms with Gasteiger partial charge in [0.1, 0.15) is 12.3 Å². The van der Waals surface area contributed by atoms with Crippen molar-refractivity contribution in [1.82, 2.24) is 0 Å². The van der Waals surface area contributed by atoms with Crippen LogP contribution in [0.5, 0.6) is 5.75 Å². The molecule has 26 heavy (non-hydrogen) atoms. The summed E-state index contributed by atoms with van der Waals surface area (Å²) in [5.41, 5.74) is 1.64. The third-order valence-corrected chi connectivity index (χ3v) is 3.51. The molecule has 0 atom stereocenters. The SMILES string of the molecule is COc1cccc(NC(=O)CN(C(C)=O)c2cccc(NC(C)=O)c2)c1. The van der Waals surface area contributed by atoms with Gasteiger partial charge in [-0.15, -0.1) is 0 Å². The molecular weight excluding hydrogens is 334 g/mol. The number of hydrogen-bond acceptors (Lipinski definition) is 4. The first-order valence-corrected chi connectivity index (χ1v) is 7.98. The minimum absolute atomic E-state index is 0.157. The summed E-state index contributed by atoms with van der Waals surface area (Å²) in [6, 6.07) is 13.7. The Balaban J connectivity index is 2.13. The normalized spacial score (nSPS) is 9.96. The summed E-state index contributed by atoms with van der Waals surface area (Å²) in [7, 11) is 1.54. The van der Waals surface area contributed by atoms with Gasteiger partial charge in [-0.2, -0.15) is 0 Å². The molecule has 0 fully saturated rings. The van der Waals surface area contributed by atoms with E-state index in [1.807, 2.05) is 0 Å². The fourth-order valence-electron chi connectivity index (χ4n) is 2.38. The summed E-state index contributed by atoms with van der Waals surface area (Å²) in [6.45, 7) is 2.62. The lowest BCUT2D eigenvalue weighted by atomic mass is 10.2. The highest BCUT2D eigenvalue weighted by Crippen LogP contribution is 2.21. The molecule has 0 saturated heterocycles. The van der Waals surface area contributed by atoms with Gasteiger partial charge in [-0.25, -0.2) is 0 Å². The molecule has 2 N–H and O–H groups in total. The molecule has 2 aromatic carbocycles. The second-order valence-corrected chi connectivity index (χ2v) is 5.62. The van der Waals surface area contributed by atoms with Crippen LogP contribution < -0.4 is 20.3 Å². The Hall–Kier alpha value is -3.35. The zero-order valence-electron chi connectivity index (χ0n) is 14.9. The van der Waals surface area contributed by atoms with Crippen LogP contribution in [-0.4, -0.2) is 31.4 Å². The van der Waals surface area contributed by atoms with Crippen molar-refractivity contribution in [2.75, 3.05) is 29.2 Å². The Bertz CT molecular complexity index is 820. The molecule has 0 bridgehead atoms. The van der Waals surface area contributed by atoms with Crippen LogP contribution in [0.15, 0.2) is 48.5 Å². The smallest absolute Gasteiger partial charge is 0.244 e. The molecule has 0 unspecified atom stereocenters. The first kappa shape index (κ1) is 19.0. The number of amides is 3. The zero-order chi connectivity index (χ0) is 19.1. The second-order valence-electron chi connectivity index (χ2n) is 5.62. The number of rotatable bonds is 6. The molecular formula is C19H21N3O4. The summed E-state index contributed by atoms with van der Waals surface area (Å²) in [5.74, 6) is -0.231. The van der Waals surface area contributed by atoms with Gasteiger partial charge in [-0.1, -0.05) is 12.1 Å². The summed E-state index contributed by atoms with van der Waals surface area (Å²) in [5, 5.41) is 5.39. The van der Waals surface area contributed by atoms with Crippen molar-refractivity contribution >= 4 is 34.8 Å². The van der Waals surface area contributed by atoms with E-state index in [4.69, 9.17) is 4.74 Å². The molecule has 2 aromatic rings. The van der Waals surface area contributed by atoms with Gasteiger partial charge in [-0.3, -0.25) is 14.4 Å². The van der Waals surface area contributed by atoms with Gasteiger partial charge in [-0.05, 0) is 30.3 Å². The Morgan fingerprint density at radius 3 is 2.23 bits per heavy atom. The van der Waals surface area contributed by atoms with Crippen molar-refractivity contribution in [3.05, 3.63) is 48.5 Å². The largest absolute Gasteiger partial charge is 0.497 e. The average molecular weight is 355 g/mol. The maximum absolute atomic E-state index is 12.3. The molecule has 0 aliphatic heterocycles. The maximum atomic E-state index is 12.3. The fraction of sp³-hybridized carbons (Fsp3) is 0.211. The molecule has 0 heterocycles. The Kier molecular flexibility index (Phi) is 6.32. The number of benzene rings is 2. The zero-order valence-corrected chi connectivity index (χ0v) is 14.9. The fourth-order valence-corrected chi connectivity index (χ4v) is 2.38. The Morgan fingerprint density at radius 2 is 1.62 bits per heavy atom. The molecule has 0 aromatic heterocycles. The van der Waals surface area contributed by atoms with Gasteiger partial charge >= 0.3 is 0 Å². The number of anilines is 3. The predicted molar refractivity (Wildman–Crippen MR) is 100 cm³/mol. The van der Waals surface area contributed by atoms with Crippen LogP contribution in [-0.2, 0) is 14.4 Å². The number of methoxy groups -OCH3 is 1. The highest BCUT2D eigenvalue weighted by molar-refractivity contribution is 6.02. The topological polar surface area (TPSA) is 87.7 Å². The number of ether oxygens (including phenoxy) is 1. The van der Waals surface area contributed by atoms with Gasteiger partial charge in [0.15, 0.2) is 0 Å².